The number of halogens is 3. The first-order valence-electron chi connectivity index (χ1n) is 5.07. The topological polar surface area (TPSA) is 80.8 Å². The van der Waals surface area contributed by atoms with Gasteiger partial charge in [0, 0.05) is 0 Å². The number of amides is 2. The van der Waals surface area contributed by atoms with Crippen molar-refractivity contribution in [3.8, 4) is 0 Å². The summed E-state index contributed by atoms with van der Waals surface area (Å²) in [5.41, 5.74) is -0.278. The normalized spacial score (nSPS) is 15.7. The lowest BCUT2D eigenvalue weighted by molar-refractivity contribution is -0.109. The molecule has 0 unspecified atom stereocenters. The van der Waals surface area contributed by atoms with Crippen molar-refractivity contribution in [2.75, 3.05) is 5.75 Å². The zero-order chi connectivity index (χ0) is 15.1. The standard InChI is InChI=1S/C10H6F3NO5S/c11-10(12,13)5-20(17,18)19-14-8(15)6-3-1-2-4-7(6)9(14)16/h1-4H,5H2. The van der Waals surface area contributed by atoms with Gasteiger partial charge in [-0.25, -0.2) is 0 Å². The van der Waals surface area contributed by atoms with Gasteiger partial charge in [0.25, 0.3) is 21.9 Å². The molecule has 0 N–H and O–H groups in total. The molecular weight excluding hydrogens is 303 g/mol. The van der Waals surface area contributed by atoms with Crippen LogP contribution >= 0.6 is 0 Å². The van der Waals surface area contributed by atoms with Crippen molar-refractivity contribution in [2.45, 2.75) is 6.18 Å². The fraction of sp³-hybridized carbons (Fsp3) is 0.200. The molecule has 108 valence electrons. The predicted octanol–water partition coefficient (Wildman–Crippen LogP) is 1.11. The predicted molar refractivity (Wildman–Crippen MR) is 57.9 cm³/mol. The molecule has 0 fully saturated rings. The Morgan fingerprint density at radius 2 is 1.50 bits per heavy atom. The minimum atomic E-state index is -5.15. The number of hydrogen-bond acceptors (Lipinski definition) is 5. The van der Waals surface area contributed by atoms with Crippen molar-refractivity contribution in [3.63, 3.8) is 0 Å². The van der Waals surface area contributed by atoms with Crippen molar-refractivity contribution in [1.82, 2.24) is 5.06 Å². The van der Waals surface area contributed by atoms with Gasteiger partial charge in [-0.2, -0.15) is 21.6 Å². The van der Waals surface area contributed by atoms with Crippen molar-refractivity contribution < 1.29 is 35.5 Å². The number of carbonyl (C=O) groups excluding carboxylic acids is 2. The van der Waals surface area contributed by atoms with Crippen molar-refractivity contribution >= 4 is 21.9 Å². The van der Waals surface area contributed by atoms with E-state index in [0.29, 0.717) is 0 Å². The van der Waals surface area contributed by atoms with E-state index in [1.54, 1.807) is 0 Å². The van der Waals surface area contributed by atoms with Gasteiger partial charge in [0.2, 0.25) is 0 Å². The van der Waals surface area contributed by atoms with Crippen LogP contribution in [0.4, 0.5) is 13.2 Å². The first-order valence-corrected chi connectivity index (χ1v) is 6.65. The molecule has 2 amide bonds. The Morgan fingerprint density at radius 3 is 1.90 bits per heavy atom. The van der Waals surface area contributed by atoms with Crippen LogP contribution in [-0.4, -0.2) is 37.2 Å². The number of hydroxylamine groups is 2. The third-order valence-electron chi connectivity index (χ3n) is 2.29. The summed E-state index contributed by atoms with van der Waals surface area (Å²) in [7, 11) is -5.15. The van der Waals surface area contributed by atoms with Gasteiger partial charge in [0.15, 0.2) is 5.75 Å². The van der Waals surface area contributed by atoms with Crippen LogP contribution in [0.2, 0.25) is 0 Å². The maximum absolute atomic E-state index is 12.0. The van der Waals surface area contributed by atoms with Crippen molar-refractivity contribution in [2.24, 2.45) is 0 Å². The van der Waals surface area contributed by atoms with Gasteiger partial charge in [0.05, 0.1) is 11.1 Å². The van der Waals surface area contributed by atoms with E-state index in [4.69, 9.17) is 0 Å². The zero-order valence-corrected chi connectivity index (χ0v) is 10.4. The van der Waals surface area contributed by atoms with Gasteiger partial charge < -0.3 is 0 Å². The lowest BCUT2D eigenvalue weighted by Gasteiger charge is -2.13. The van der Waals surface area contributed by atoms with Crippen LogP contribution in [0.15, 0.2) is 24.3 Å². The number of nitrogens with zero attached hydrogens (tertiary/aromatic N) is 1. The SMILES string of the molecule is O=C1c2ccccc2C(=O)N1OS(=O)(=O)CC(F)(F)F. The van der Waals surface area contributed by atoms with E-state index in [-0.39, 0.29) is 16.2 Å². The highest BCUT2D eigenvalue weighted by Gasteiger charge is 2.43. The lowest BCUT2D eigenvalue weighted by atomic mass is 10.1. The van der Waals surface area contributed by atoms with E-state index in [9.17, 15) is 31.2 Å². The highest BCUT2D eigenvalue weighted by Crippen LogP contribution is 2.25. The molecule has 0 aliphatic carbocycles. The van der Waals surface area contributed by atoms with Crippen LogP contribution < -0.4 is 0 Å². The third-order valence-corrected chi connectivity index (χ3v) is 3.34. The van der Waals surface area contributed by atoms with Gasteiger partial charge in [-0.1, -0.05) is 12.1 Å². The van der Waals surface area contributed by atoms with Gasteiger partial charge in [-0.15, -0.1) is 9.35 Å². The average Bonchev–Trinajstić information content (AvgIpc) is 2.52. The molecule has 0 atom stereocenters. The fourth-order valence-corrected chi connectivity index (χ4v) is 2.39. The molecular formula is C10H6F3NO5S. The summed E-state index contributed by atoms with van der Waals surface area (Å²) in [6, 6.07) is 5.29. The molecule has 0 saturated carbocycles. The van der Waals surface area contributed by atoms with E-state index in [1.165, 1.54) is 24.3 Å². The first-order chi connectivity index (χ1) is 9.11. The Hall–Kier alpha value is -1.94. The third kappa shape index (κ3) is 2.80. The van der Waals surface area contributed by atoms with E-state index in [1.807, 2.05) is 0 Å². The molecule has 0 spiro atoms. The molecule has 1 heterocycles. The second-order valence-corrected chi connectivity index (χ2v) is 5.40. The number of fused-ring (bicyclic) bond motifs is 1. The van der Waals surface area contributed by atoms with Crippen LogP contribution in [-0.2, 0) is 14.4 Å². The van der Waals surface area contributed by atoms with Gasteiger partial charge in [-0.3, -0.25) is 9.59 Å². The maximum Gasteiger partial charge on any atom is 0.405 e. The van der Waals surface area contributed by atoms with Gasteiger partial charge >= 0.3 is 6.18 Å². The van der Waals surface area contributed by atoms with E-state index >= 15 is 0 Å². The summed E-state index contributed by atoms with van der Waals surface area (Å²) in [5, 5.41) is -0.189. The first kappa shape index (κ1) is 14.5. The molecule has 1 aliphatic heterocycles. The summed E-state index contributed by atoms with van der Waals surface area (Å²) in [6.07, 6.45) is -5.04. The quantitative estimate of drug-likeness (QED) is 0.781. The number of rotatable bonds is 3. The molecule has 1 aromatic carbocycles. The molecule has 20 heavy (non-hydrogen) atoms. The molecule has 0 radical (unpaired) electrons. The summed E-state index contributed by atoms with van der Waals surface area (Å²) in [4.78, 5) is 23.4. The van der Waals surface area contributed by atoms with E-state index in [2.05, 4.69) is 4.28 Å². The molecule has 2 rings (SSSR count). The number of alkyl halides is 3. The van der Waals surface area contributed by atoms with Crippen LogP contribution in [0.3, 0.4) is 0 Å². The molecule has 0 aromatic heterocycles. The summed E-state index contributed by atoms with van der Waals surface area (Å²) < 4.78 is 62.4. The monoisotopic (exact) mass is 309 g/mol. The maximum atomic E-state index is 12.0. The van der Waals surface area contributed by atoms with Crippen LogP contribution in [0.1, 0.15) is 20.7 Å². The Morgan fingerprint density at radius 1 is 1.05 bits per heavy atom. The highest BCUT2D eigenvalue weighted by atomic mass is 32.2. The minimum absolute atomic E-state index is 0.139. The zero-order valence-electron chi connectivity index (χ0n) is 9.55. The van der Waals surface area contributed by atoms with E-state index in [0.717, 1.165) is 0 Å². The molecule has 6 nitrogen and oxygen atoms in total. The number of hydrogen-bond donors (Lipinski definition) is 0. The smallest absolute Gasteiger partial charge is 0.266 e. The summed E-state index contributed by atoms with van der Waals surface area (Å²) in [6.45, 7) is 0. The number of benzene rings is 1. The average molecular weight is 309 g/mol. The van der Waals surface area contributed by atoms with Crippen molar-refractivity contribution in [1.29, 1.82) is 0 Å². The Bertz CT molecular complexity index is 647. The fourth-order valence-electron chi connectivity index (χ4n) is 1.58. The second kappa shape index (κ2) is 4.56. The molecule has 1 aliphatic rings. The highest BCUT2D eigenvalue weighted by molar-refractivity contribution is 7.86. The van der Waals surface area contributed by atoms with Crippen LogP contribution in [0, 0.1) is 0 Å². The minimum Gasteiger partial charge on any atom is -0.266 e. The van der Waals surface area contributed by atoms with Crippen LogP contribution in [0.25, 0.3) is 0 Å². The van der Waals surface area contributed by atoms with Gasteiger partial charge in [0.1, 0.15) is 0 Å². The molecule has 10 heteroatoms. The second-order valence-electron chi connectivity index (χ2n) is 3.84. The summed E-state index contributed by atoms with van der Waals surface area (Å²) >= 11 is 0. The van der Waals surface area contributed by atoms with Crippen LogP contribution in [0.5, 0.6) is 0 Å². The van der Waals surface area contributed by atoms with E-state index < -0.39 is 33.9 Å². The summed E-state index contributed by atoms with van der Waals surface area (Å²) in [5.74, 6) is -4.55. The number of imide groups is 1. The number of carbonyl (C=O) groups is 2. The van der Waals surface area contributed by atoms with Crippen molar-refractivity contribution in [3.05, 3.63) is 35.4 Å². The Labute approximate surface area is 110 Å². The lowest BCUT2D eigenvalue weighted by Crippen LogP contribution is -2.36. The molecule has 1 aromatic rings. The Balaban J connectivity index is 2.25. The molecule has 0 saturated heterocycles. The molecule has 0 bridgehead atoms. The van der Waals surface area contributed by atoms with Gasteiger partial charge in [-0.05, 0) is 12.1 Å². The largest absolute Gasteiger partial charge is 0.405 e. The Kier molecular flexibility index (Phi) is 3.30.